The number of nitrogens with one attached hydrogen (secondary N) is 1. The Labute approximate surface area is 169 Å². The van der Waals surface area contributed by atoms with Gasteiger partial charge in [0.25, 0.3) is 5.91 Å². The number of nitrogens with zero attached hydrogens (tertiary/aromatic N) is 2. The summed E-state index contributed by atoms with van der Waals surface area (Å²) in [5, 5.41) is 4.05. The van der Waals surface area contributed by atoms with Crippen LogP contribution < -0.4 is 9.73 Å². The van der Waals surface area contributed by atoms with Crippen LogP contribution in [-0.2, 0) is 14.8 Å². The first-order chi connectivity index (χ1) is 12.2. The maximum atomic E-state index is 12.2. The predicted octanol–water partition coefficient (Wildman–Crippen LogP) is 3.52. The molecule has 6 nitrogen and oxygen atoms in total. The molecule has 0 fully saturated rings. The Balaban J connectivity index is 2.12. The van der Waals surface area contributed by atoms with Gasteiger partial charge in [-0.05, 0) is 48.9 Å². The van der Waals surface area contributed by atoms with Crippen molar-refractivity contribution in [1.82, 2.24) is 5.43 Å². The number of sulfonamides is 1. The Morgan fingerprint density at radius 1 is 1.12 bits per heavy atom. The highest BCUT2D eigenvalue weighted by Gasteiger charge is 2.20. The molecular weight excluding hydrogens is 486 g/mol. The first-order valence-corrected chi connectivity index (χ1v) is 10.9. The lowest BCUT2D eigenvalue weighted by molar-refractivity contribution is -0.119. The second-order valence-electron chi connectivity index (χ2n) is 5.49. The summed E-state index contributed by atoms with van der Waals surface area (Å²) in [5.41, 5.74) is 4.25. The lowest BCUT2D eigenvalue weighted by Crippen LogP contribution is -2.39. The van der Waals surface area contributed by atoms with E-state index in [-0.39, 0.29) is 6.54 Å². The summed E-state index contributed by atoms with van der Waals surface area (Å²) < 4.78 is 26.8. The van der Waals surface area contributed by atoms with Gasteiger partial charge in [0.2, 0.25) is 10.0 Å². The van der Waals surface area contributed by atoms with E-state index in [9.17, 15) is 13.2 Å². The molecule has 0 radical (unpaired) electrons. The smallest absolute Gasteiger partial charge is 0.260 e. The third-order valence-corrected chi connectivity index (χ3v) is 5.56. The molecule has 0 heterocycles. The van der Waals surface area contributed by atoms with Gasteiger partial charge in [-0.15, -0.1) is 0 Å². The van der Waals surface area contributed by atoms with Crippen molar-refractivity contribution in [3.63, 3.8) is 0 Å². The summed E-state index contributed by atoms with van der Waals surface area (Å²) in [7, 11) is -3.62. The van der Waals surface area contributed by atoms with Gasteiger partial charge in [-0.2, -0.15) is 5.10 Å². The molecule has 0 saturated carbocycles. The Morgan fingerprint density at radius 3 is 2.35 bits per heavy atom. The summed E-state index contributed by atoms with van der Waals surface area (Å²) in [5.74, 6) is -0.535. The van der Waals surface area contributed by atoms with E-state index in [0.717, 1.165) is 25.1 Å². The molecule has 0 spiro atoms. The second-order valence-corrected chi connectivity index (χ2v) is 9.23. The van der Waals surface area contributed by atoms with E-state index in [1.54, 1.807) is 31.2 Å². The minimum absolute atomic E-state index is 0.365. The summed E-state index contributed by atoms with van der Waals surface area (Å²) in [6.07, 6.45) is 1.05. The molecule has 2 rings (SSSR count). The van der Waals surface area contributed by atoms with Crippen molar-refractivity contribution in [3.8, 4) is 0 Å². The molecule has 1 amide bonds. The van der Waals surface area contributed by atoms with Crippen molar-refractivity contribution in [3.05, 3.63) is 63.0 Å². The zero-order valence-electron chi connectivity index (χ0n) is 14.1. The van der Waals surface area contributed by atoms with Crippen LogP contribution in [0.15, 0.2) is 62.6 Å². The molecule has 0 saturated heterocycles. The van der Waals surface area contributed by atoms with E-state index in [0.29, 0.717) is 11.4 Å². The number of carbonyl (C=O) groups excluding carboxylic acids is 1. The van der Waals surface area contributed by atoms with Crippen LogP contribution >= 0.6 is 31.9 Å². The molecule has 0 aliphatic rings. The van der Waals surface area contributed by atoms with Crippen molar-refractivity contribution in [2.45, 2.75) is 6.92 Å². The summed E-state index contributed by atoms with van der Waals surface area (Å²) in [6.45, 7) is 1.39. The van der Waals surface area contributed by atoms with Gasteiger partial charge in [-0.25, -0.2) is 13.8 Å². The van der Waals surface area contributed by atoms with Crippen LogP contribution in [0.25, 0.3) is 0 Å². The number of amides is 1. The Bertz CT molecular complexity index is 929. The molecule has 0 aliphatic heterocycles. The molecular formula is C17H17Br2N3O3S. The molecule has 26 heavy (non-hydrogen) atoms. The zero-order chi connectivity index (χ0) is 19.3. The normalized spacial score (nSPS) is 11.9. The van der Waals surface area contributed by atoms with Gasteiger partial charge in [-0.3, -0.25) is 9.10 Å². The van der Waals surface area contributed by atoms with Crippen molar-refractivity contribution in [1.29, 1.82) is 0 Å². The third kappa shape index (κ3) is 5.93. The van der Waals surface area contributed by atoms with Crippen LogP contribution in [0.2, 0.25) is 0 Å². The van der Waals surface area contributed by atoms with E-state index in [1.807, 2.05) is 24.3 Å². The van der Waals surface area contributed by atoms with Gasteiger partial charge in [0.15, 0.2) is 0 Å². The standard InChI is InChI=1S/C17H17Br2N3O3S/c1-12(13-4-3-5-15(19)10-13)20-21-17(23)11-22(26(2,24)25)16-8-6-14(18)7-9-16/h3-10H,11H2,1-2H3,(H,21,23)/b20-12-. The molecule has 1 N–H and O–H groups in total. The average molecular weight is 503 g/mol. The quantitative estimate of drug-likeness (QED) is 0.484. The zero-order valence-corrected chi connectivity index (χ0v) is 18.1. The fraction of sp³-hybridized carbons (Fsp3) is 0.176. The van der Waals surface area contributed by atoms with E-state index < -0.39 is 15.9 Å². The van der Waals surface area contributed by atoms with Crippen molar-refractivity contribution >= 4 is 59.2 Å². The number of hydrogen-bond donors (Lipinski definition) is 1. The number of benzene rings is 2. The van der Waals surface area contributed by atoms with Gasteiger partial charge in [0.1, 0.15) is 6.54 Å². The summed E-state index contributed by atoms with van der Waals surface area (Å²) in [4.78, 5) is 12.2. The SMILES string of the molecule is C/C(=N/NC(=O)CN(c1ccc(Br)cc1)S(C)(=O)=O)c1cccc(Br)c1. The second kappa shape index (κ2) is 8.79. The molecule has 9 heteroatoms. The fourth-order valence-electron chi connectivity index (χ4n) is 2.10. The first-order valence-electron chi connectivity index (χ1n) is 7.49. The van der Waals surface area contributed by atoms with Crippen LogP contribution in [0.3, 0.4) is 0 Å². The third-order valence-electron chi connectivity index (χ3n) is 3.39. The number of hydrogen-bond acceptors (Lipinski definition) is 4. The molecule has 0 aliphatic carbocycles. The molecule has 0 bridgehead atoms. The molecule has 0 atom stereocenters. The molecule has 0 unspecified atom stereocenters. The Kier molecular flexibility index (Phi) is 6.96. The van der Waals surface area contributed by atoms with E-state index in [1.165, 1.54) is 0 Å². The van der Waals surface area contributed by atoms with Gasteiger partial charge < -0.3 is 0 Å². The average Bonchev–Trinajstić information content (AvgIpc) is 2.57. The van der Waals surface area contributed by atoms with E-state index in [2.05, 4.69) is 42.4 Å². The number of halogens is 2. The highest BCUT2D eigenvalue weighted by Crippen LogP contribution is 2.20. The summed E-state index contributed by atoms with van der Waals surface area (Å²) >= 11 is 6.67. The minimum Gasteiger partial charge on any atom is -0.271 e. The largest absolute Gasteiger partial charge is 0.271 e. The summed E-state index contributed by atoms with van der Waals surface area (Å²) in [6, 6.07) is 14.1. The first kappa shape index (κ1) is 20.6. The Morgan fingerprint density at radius 2 is 1.77 bits per heavy atom. The van der Waals surface area contributed by atoms with E-state index in [4.69, 9.17) is 0 Å². The topological polar surface area (TPSA) is 78.8 Å². The number of carbonyl (C=O) groups is 1. The number of hydrazone groups is 1. The van der Waals surface area contributed by atoms with Gasteiger partial charge in [-0.1, -0.05) is 44.0 Å². The van der Waals surface area contributed by atoms with E-state index >= 15 is 0 Å². The van der Waals surface area contributed by atoms with Crippen LogP contribution in [0.1, 0.15) is 12.5 Å². The molecule has 2 aromatic carbocycles. The van der Waals surface area contributed by atoms with Gasteiger partial charge in [0, 0.05) is 8.95 Å². The number of rotatable bonds is 6. The number of anilines is 1. The van der Waals surface area contributed by atoms with Gasteiger partial charge >= 0.3 is 0 Å². The fourth-order valence-corrected chi connectivity index (χ4v) is 3.62. The molecule has 0 aromatic heterocycles. The van der Waals surface area contributed by atoms with Crippen molar-refractivity contribution < 1.29 is 13.2 Å². The van der Waals surface area contributed by atoms with Crippen LogP contribution in [0.4, 0.5) is 5.69 Å². The van der Waals surface area contributed by atoms with Gasteiger partial charge in [0.05, 0.1) is 17.7 Å². The maximum Gasteiger partial charge on any atom is 0.260 e. The monoisotopic (exact) mass is 501 g/mol. The van der Waals surface area contributed by atoms with Crippen molar-refractivity contribution in [2.24, 2.45) is 5.10 Å². The maximum absolute atomic E-state index is 12.2. The minimum atomic E-state index is -3.62. The molecule has 138 valence electrons. The predicted molar refractivity (Wildman–Crippen MR) is 111 cm³/mol. The lowest BCUT2D eigenvalue weighted by Gasteiger charge is -2.21. The van der Waals surface area contributed by atoms with Crippen molar-refractivity contribution in [2.75, 3.05) is 17.1 Å². The highest BCUT2D eigenvalue weighted by atomic mass is 79.9. The Hall–Kier alpha value is -1.71. The lowest BCUT2D eigenvalue weighted by atomic mass is 10.1. The molecule has 2 aromatic rings. The van der Waals surface area contributed by atoms with Crippen LogP contribution in [0.5, 0.6) is 0 Å². The van der Waals surface area contributed by atoms with Crippen LogP contribution in [0, 0.1) is 0 Å². The highest BCUT2D eigenvalue weighted by molar-refractivity contribution is 9.10. The van der Waals surface area contributed by atoms with Crippen LogP contribution in [-0.4, -0.2) is 32.8 Å².